The molecule has 1 N–H and O–H groups in total. The highest BCUT2D eigenvalue weighted by atomic mass is 16.2. The minimum Gasteiger partial charge on any atom is -0.329 e. The SMILES string of the molecule is C[C@H](C(=O)N1c2ccccc2C[C@H]1C)N1C(=O)CNC1=O. The van der Waals surface area contributed by atoms with Gasteiger partial charge in [-0.25, -0.2) is 4.79 Å². The summed E-state index contributed by atoms with van der Waals surface area (Å²) in [5, 5.41) is 2.44. The van der Waals surface area contributed by atoms with Gasteiger partial charge in [0.25, 0.3) is 5.91 Å². The average molecular weight is 287 g/mol. The molecule has 0 unspecified atom stereocenters. The molecular weight excluding hydrogens is 270 g/mol. The number of hydrogen-bond donors (Lipinski definition) is 1. The van der Waals surface area contributed by atoms with E-state index in [1.807, 2.05) is 31.2 Å². The highest BCUT2D eigenvalue weighted by molar-refractivity contribution is 6.08. The first kappa shape index (κ1) is 13.6. The summed E-state index contributed by atoms with van der Waals surface area (Å²) in [4.78, 5) is 38.9. The lowest BCUT2D eigenvalue weighted by molar-refractivity contribution is -0.132. The fourth-order valence-corrected chi connectivity index (χ4v) is 3.04. The van der Waals surface area contributed by atoms with Gasteiger partial charge in [-0.2, -0.15) is 0 Å². The Morgan fingerprint density at radius 3 is 2.71 bits per heavy atom. The summed E-state index contributed by atoms with van der Waals surface area (Å²) >= 11 is 0. The lowest BCUT2D eigenvalue weighted by Gasteiger charge is -2.29. The van der Waals surface area contributed by atoms with Gasteiger partial charge in [-0.15, -0.1) is 0 Å². The molecule has 4 amide bonds. The van der Waals surface area contributed by atoms with E-state index < -0.39 is 12.1 Å². The van der Waals surface area contributed by atoms with Crippen molar-refractivity contribution in [1.82, 2.24) is 10.2 Å². The van der Waals surface area contributed by atoms with Crippen molar-refractivity contribution in [2.75, 3.05) is 11.4 Å². The minimum absolute atomic E-state index is 0.0260. The van der Waals surface area contributed by atoms with Crippen LogP contribution in [-0.4, -0.2) is 41.4 Å². The topological polar surface area (TPSA) is 69.7 Å². The van der Waals surface area contributed by atoms with Crippen molar-refractivity contribution < 1.29 is 14.4 Å². The maximum atomic E-state index is 12.7. The zero-order valence-corrected chi connectivity index (χ0v) is 12.0. The second kappa shape index (κ2) is 4.87. The average Bonchev–Trinajstić information content (AvgIpc) is 2.96. The molecule has 21 heavy (non-hydrogen) atoms. The van der Waals surface area contributed by atoms with Crippen molar-refractivity contribution >= 4 is 23.5 Å². The number of anilines is 1. The van der Waals surface area contributed by atoms with Crippen LogP contribution in [0.2, 0.25) is 0 Å². The van der Waals surface area contributed by atoms with Crippen molar-refractivity contribution in [2.24, 2.45) is 0 Å². The van der Waals surface area contributed by atoms with Crippen molar-refractivity contribution in [1.29, 1.82) is 0 Å². The second-order valence-corrected chi connectivity index (χ2v) is 5.49. The van der Waals surface area contributed by atoms with Crippen LogP contribution in [0.15, 0.2) is 24.3 Å². The van der Waals surface area contributed by atoms with Crippen LogP contribution in [0.25, 0.3) is 0 Å². The van der Waals surface area contributed by atoms with E-state index in [1.54, 1.807) is 11.8 Å². The highest BCUT2D eigenvalue weighted by Crippen LogP contribution is 2.32. The van der Waals surface area contributed by atoms with Crippen LogP contribution in [0.5, 0.6) is 0 Å². The Bertz CT molecular complexity index is 612. The molecule has 1 saturated heterocycles. The predicted octanol–water partition coefficient (Wildman–Crippen LogP) is 0.904. The van der Waals surface area contributed by atoms with Gasteiger partial charge in [0.15, 0.2) is 0 Å². The molecule has 0 saturated carbocycles. The van der Waals surface area contributed by atoms with Crippen molar-refractivity contribution in [3.63, 3.8) is 0 Å². The summed E-state index contributed by atoms with van der Waals surface area (Å²) in [6.07, 6.45) is 0.786. The Hall–Kier alpha value is -2.37. The third kappa shape index (κ3) is 2.07. The maximum Gasteiger partial charge on any atom is 0.325 e. The molecule has 0 aromatic heterocycles. The van der Waals surface area contributed by atoms with E-state index in [0.717, 1.165) is 22.6 Å². The number of imide groups is 1. The molecule has 2 aliphatic heterocycles. The van der Waals surface area contributed by atoms with Crippen molar-refractivity contribution in [3.8, 4) is 0 Å². The number of nitrogens with zero attached hydrogens (tertiary/aromatic N) is 2. The van der Waals surface area contributed by atoms with Gasteiger partial charge >= 0.3 is 6.03 Å². The Kier molecular flexibility index (Phi) is 3.16. The fourth-order valence-electron chi connectivity index (χ4n) is 3.04. The molecule has 2 atom stereocenters. The van der Waals surface area contributed by atoms with E-state index in [2.05, 4.69) is 5.32 Å². The number of urea groups is 1. The molecule has 0 bridgehead atoms. The first-order chi connectivity index (χ1) is 10.0. The van der Waals surface area contributed by atoms with Gasteiger partial charge in [-0.1, -0.05) is 18.2 Å². The molecule has 0 spiro atoms. The lowest BCUT2D eigenvalue weighted by Crippen LogP contribution is -2.51. The molecule has 2 aliphatic rings. The number of amides is 4. The van der Waals surface area contributed by atoms with E-state index in [-0.39, 0.29) is 24.4 Å². The van der Waals surface area contributed by atoms with Crippen LogP contribution in [0.4, 0.5) is 10.5 Å². The number of rotatable bonds is 2. The first-order valence-corrected chi connectivity index (χ1v) is 7.01. The number of carbonyl (C=O) groups is 3. The molecule has 2 heterocycles. The molecule has 1 fully saturated rings. The Morgan fingerprint density at radius 1 is 1.33 bits per heavy atom. The van der Waals surface area contributed by atoms with E-state index in [0.29, 0.717) is 0 Å². The Morgan fingerprint density at radius 2 is 2.05 bits per heavy atom. The summed E-state index contributed by atoms with van der Waals surface area (Å²) in [5.41, 5.74) is 1.98. The van der Waals surface area contributed by atoms with Crippen LogP contribution in [0.1, 0.15) is 19.4 Å². The second-order valence-electron chi connectivity index (χ2n) is 5.49. The van der Waals surface area contributed by atoms with Crippen LogP contribution >= 0.6 is 0 Å². The monoisotopic (exact) mass is 287 g/mol. The van der Waals surface area contributed by atoms with Crippen LogP contribution < -0.4 is 10.2 Å². The van der Waals surface area contributed by atoms with Gasteiger partial charge in [0, 0.05) is 11.7 Å². The summed E-state index contributed by atoms with van der Waals surface area (Å²) in [6.45, 7) is 3.53. The number of hydrogen-bond acceptors (Lipinski definition) is 3. The zero-order chi connectivity index (χ0) is 15.1. The lowest BCUT2D eigenvalue weighted by atomic mass is 10.1. The quantitative estimate of drug-likeness (QED) is 0.822. The molecule has 1 aromatic rings. The van der Waals surface area contributed by atoms with Gasteiger partial charge in [0.2, 0.25) is 5.91 Å². The number of para-hydroxylation sites is 1. The fraction of sp³-hybridized carbons (Fsp3) is 0.400. The number of carbonyl (C=O) groups excluding carboxylic acids is 3. The smallest absolute Gasteiger partial charge is 0.325 e. The molecular formula is C15H17N3O3. The summed E-state index contributed by atoms with van der Waals surface area (Å²) in [7, 11) is 0. The molecule has 3 rings (SSSR count). The van der Waals surface area contributed by atoms with Crippen LogP contribution in [0, 0.1) is 0 Å². The number of nitrogens with one attached hydrogen (secondary N) is 1. The third-order valence-corrected chi connectivity index (χ3v) is 4.07. The normalized spacial score (nSPS) is 22.3. The third-order valence-electron chi connectivity index (χ3n) is 4.07. The molecule has 6 nitrogen and oxygen atoms in total. The Balaban J connectivity index is 1.88. The molecule has 6 heteroatoms. The maximum absolute atomic E-state index is 12.7. The summed E-state index contributed by atoms with van der Waals surface area (Å²) < 4.78 is 0. The van der Waals surface area contributed by atoms with Gasteiger partial charge in [-0.05, 0) is 31.9 Å². The van der Waals surface area contributed by atoms with Crippen molar-refractivity contribution in [2.45, 2.75) is 32.4 Å². The molecule has 110 valence electrons. The first-order valence-electron chi connectivity index (χ1n) is 7.01. The van der Waals surface area contributed by atoms with Gasteiger partial charge in [0.1, 0.15) is 6.04 Å². The predicted molar refractivity (Wildman–Crippen MR) is 76.8 cm³/mol. The summed E-state index contributed by atoms with van der Waals surface area (Å²) in [6, 6.07) is 6.45. The molecule has 1 aromatic carbocycles. The number of fused-ring (bicyclic) bond motifs is 1. The van der Waals surface area contributed by atoms with E-state index in [1.165, 1.54) is 0 Å². The molecule has 0 aliphatic carbocycles. The Labute approximate surface area is 122 Å². The zero-order valence-electron chi connectivity index (χ0n) is 12.0. The summed E-state index contributed by atoms with van der Waals surface area (Å²) in [5.74, 6) is -0.584. The standard InChI is InChI=1S/C15H17N3O3/c1-9-7-11-5-3-4-6-12(11)17(9)14(20)10(2)18-13(19)8-16-15(18)21/h3-6,9-10H,7-8H2,1-2H3,(H,16,21)/t9-,10-/m1/s1. The van der Waals surface area contributed by atoms with Gasteiger partial charge in [0.05, 0.1) is 6.54 Å². The van der Waals surface area contributed by atoms with E-state index in [9.17, 15) is 14.4 Å². The van der Waals surface area contributed by atoms with E-state index >= 15 is 0 Å². The number of benzene rings is 1. The largest absolute Gasteiger partial charge is 0.329 e. The van der Waals surface area contributed by atoms with Crippen LogP contribution in [0.3, 0.4) is 0 Å². The van der Waals surface area contributed by atoms with E-state index in [4.69, 9.17) is 0 Å². The van der Waals surface area contributed by atoms with Crippen LogP contribution in [-0.2, 0) is 16.0 Å². The van der Waals surface area contributed by atoms with Gasteiger partial charge in [-0.3, -0.25) is 14.5 Å². The molecule has 0 radical (unpaired) electrons. The van der Waals surface area contributed by atoms with Crippen molar-refractivity contribution in [3.05, 3.63) is 29.8 Å². The van der Waals surface area contributed by atoms with Gasteiger partial charge < -0.3 is 10.2 Å². The highest BCUT2D eigenvalue weighted by Gasteiger charge is 2.41. The minimum atomic E-state index is -0.798.